The average molecular weight is 536 g/mol. The molecule has 3 unspecified atom stereocenters. The Kier molecular flexibility index (Phi) is 6.19. The molecule has 1 aromatic carbocycles. The van der Waals surface area contributed by atoms with Crippen LogP contribution in [0, 0.1) is 23.2 Å². The summed E-state index contributed by atoms with van der Waals surface area (Å²) < 4.78 is 0. The highest BCUT2D eigenvalue weighted by Gasteiger charge is 2.77. The summed E-state index contributed by atoms with van der Waals surface area (Å²) in [6.45, 7) is 1.73. The van der Waals surface area contributed by atoms with Gasteiger partial charge in [-0.1, -0.05) is 19.3 Å². The van der Waals surface area contributed by atoms with E-state index in [1.54, 1.807) is 17.7 Å². The van der Waals surface area contributed by atoms with E-state index in [0.29, 0.717) is 24.1 Å². The van der Waals surface area contributed by atoms with Crippen molar-refractivity contribution in [1.82, 2.24) is 15.1 Å². The lowest BCUT2D eigenvalue weighted by Gasteiger charge is -2.66. The van der Waals surface area contributed by atoms with E-state index < -0.39 is 6.04 Å². The number of benzene rings is 1. The molecule has 4 saturated carbocycles. The van der Waals surface area contributed by atoms with Gasteiger partial charge in [-0.15, -0.1) is 11.8 Å². The Morgan fingerprint density at radius 1 is 1.03 bits per heavy atom. The van der Waals surface area contributed by atoms with Crippen LogP contribution < -0.4 is 5.32 Å². The summed E-state index contributed by atoms with van der Waals surface area (Å²) in [5.74, 6) is 3.67. The number of rotatable bonds is 11. The van der Waals surface area contributed by atoms with E-state index in [0.717, 1.165) is 34.5 Å². The van der Waals surface area contributed by atoms with Crippen molar-refractivity contribution in [3.8, 4) is 0 Å². The molecule has 3 amide bonds. The highest BCUT2D eigenvalue weighted by molar-refractivity contribution is 7.99. The number of nitrogens with zero attached hydrogens (tertiary/aromatic N) is 2. The molecule has 4 aliphatic carbocycles. The molecule has 1 aromatic rings. The Balaban J connectivity index is 0.806. The van der Waals surface area contributed by atoms with Crippen molar-refractivity contribution in [3.05, 3.63) is 29.3 Å². The SMILES string of the molecule is CN(CCCCCCCSc1ccc2c(c1)CN(C1CCC(=O)NC1=O)C2=O)C12CC3CC4CC(C1)C43C2. The maximum Gasteiger partial charge on any atom is 0.255 e. The lowest BCUT2D eigenvalue weighted by Crippen LogP contribution is -2.60. The van der Waals surface area contributed by atoms with Crippen molar-refractivity contribution >= 4 is 29.5 Å². The predicted molar refractivity (Wildman–Crippen MR) is 148 cm³/mol. The van der Waals surface area contributed by atoms with Crippen LogP contribution in [-0.2, 0) is 16.1 Å². The van der Waals surface area contributed by atoms with E-state index in [1.807, 2.05) is 23.9 Å². The number of carbonyl (C=O) groups excluding carboxylic acids is 3. The van der Waals surface area contributed by atoms with Crippen molar-refractivity contribution in [2.24, 2.45) is 23.2 Å². The quantitative estimate of drug-likeness (QED) is 0.245. The number of piperidine rings is 1. The first-order valence-electron chi connectivity index (χ1n) is 15.0. The van der Waals surface area contributed by atoms with Gasteiger partial charge in [0.25, 0.3) is 5.91 Å². The Bertz CT molecular complexity index is 1150. The molecule has 1 spiro atoms. The molecule has 38 heavy (non-hydrogen) atoms. The lowest BCUT2D eigenvalue weighted by atomic mass is 9.38. The zero-order valence-corrected chi connectivity index (χ0v) is 23.5. The van der Waals surface area contributed by atoms with Gasteiger partial charge in [-0.05, 0) is 118 Å². The fraction of sp³-hybridized carbons (Fsp3) is 0.710. The minimum Gasteiger partial charge on any atom is -0.322 e. The smallest absolute Gasteiger partial charge is 0.255 e. The second kappa shape index (κ2) is 9.36. The molecule has 3 atom stereocenters. The van der Waals surface area contributed by atoms with Gasteiger partial charge in [0.15, 0.2) is 0 Å². The molecule has 1 N–H and O–H groups in total. The summed E-state index contributed by atoms with van der Waals surface area (Å²) in [5.41, 5.74) is 3.08. The fourth-order valence-electron chi connectivity index (χ4n) is 9.53. The van der Waals surface area contributed by atoms with Gasteiger partial charge in [-0.25, -0.2) is 0 Å². The van der Waals surface area contributed by atoms with Gasteiger partial charge < -0.3 is 9.80 Å². The number of imide groups is 1. The number of carbonyl (C=O) groups is 3. The molecule has 2 heterocycles. The summed E-state index contributed by atoms with van der Waals surface area (Å²) in [6, 6.07) is 5.52. The summed E-state index contributed by atoms with van der Waals surface area (Å²) in [6.07, 6.45) is 14.8. The van der Waals surface area contributed by atoms with Gasteiger partial charge in [0, 0.05) is 29.0 Å². The molecule has 6 nitrogen and oxygen atoms in total. The van der Waals surface area contributed by atoms with Crippen molar-refractivity contribution in [3.63, 3.8) is 0 Å². The third-order valence-electron chi connectivity index (χ3n) is 11.5. The van der Waals surface area contributed by atoms with Gasteiger partial charge in [-0.3, -0.25) is 19.7 Å². The summed E-state index contributed by atoms with van der Waals surface area (Å²) in [4.78, 5) is 42.2. The molecule has 0 aromatic heterocycles. The molecule has 6 aliphatic rings. The molecule has 2 aliphatic heterocycles. The van der Waals surface area contributed by atoms with Gasteiger partial charge in [-0.2, -0.15) is 0 Å². The zero-order chi connectivity index (χ0) is 26.1. The number of thioether (sulfide) groups is 1. The van der Waals surface area contributed by atoms with E-state index >= 15 is 0 Å². The van der Waals surface area contributed by atoms with Crippen LogP contribution in [0.25, 0.3) is 0 Å². The van der Waals surface area contributed by atoms with Crippen molar-refractivity contribution in [2.75, 3.05) is 19.3 Å². The number of nitrogens with one attached hydrogen (secondary N) is 1. The maximum absolute atomic E-state index is 12.9. The van der Waals surface area contributed by atoms with E-state index in [2.05, 4.69) is 23.3 Å². The second-order valence-corrected chi connectivity index (χ2v) is 14.4. The first kappa shape index (κ1) is 25.1. The average Bonchev–Trinajstić information content (AvgIpc) is 3.49. The van der Waals surface area contributed by atoms with Crippen LogP contribution in [0.15, 0.2) is 23.1 Å². The zero-order valence-electron chi connectivity index (χ0n) is 22.7. The van der Waals surface area contributed by atoms with Crippen molar-refractivity contribution in [1.29, 1.82) is 0 Å². The first-order valence-corrected chi connectivity index (χ1v) is 16.0. The lowest BCUT2D eigenvalue weighted by molar-refractivity contribution is -0.177. The van der Waals surface area contributed by atoms with E-state index in [4.69, 9.17) is 0 Å². The van der Waals surface area contributed by atoms with Crippen LogP contribution in [0.3, 0.4) is 0 Å². The molecule has 2 bridgehead atoms. The highest BCUT2D eigenvalue weighted by Crippen LogP contribution is 2.82. The standard InChI is InChI=1S/C31H41N3O3S/c1-33(30-16-22-14-21-15-23(17-30)31(21,22)19-30)11-5-3-2-4-6-12-38-24-7-8-25-20(13-24)18-34(29(25)37)26-9-10-27(35)32-28(26)36/h7-8,13,21-23,26H,2-6,9-12,14-19H2,1H3,(H,32,35,36). The molecule has 7 heteroatoms. The molecular weight excluding hydrogens is 494 g/mol. The van der Waals surface area contributed by atoms with Crippen LogP contribution in [0.1, 0.15) is 93.0 Å². The number of amides is 3. The molecular formula is C31H41N3O3S. The fourth-order valence-corrected chi connectivity index (χ4v) is 10.5. The predicted octanol–water partition coefficient (Wildman–Crippen LogP) is 5.00. The Labute approximate surface area is 230 Å². The van der Waals surface area contributed by atoms with Gasteiger partial charge in [0.05, 0.1) is 0 Å². The second-order valence-electron chi connectivity index (χ2n) is 13.2. The Hall–Kier alpha value is -1.86. The third kappa shape index (κ3) is 3.81. The minimum atomic E-state index is -0.545. The molecule has 7 rings (SSSR count). The van der Waals surface area contributed by atoms with E-state index in [9.17, 15) is 14.4 Å². The summed E-state index contributed by atoms with van der Waals surface area (Å²) in [7, 11) is 2.42. The van der Waals surface area contributed by atoms with Gasteiger partial charge in [0.2, 0.25) is 11.8 Å². The topological polar surface area (TPSA) is 69.7 Å². The summed E-state index contributed by atoms with van der Waals surface area (Å²) >= 11 is 1.87. The number of hydrogen-bond donors (Lipinski definition) is 1. The van der Waals surface area contributed by atoms with Gasteiger partial charge >= 0.3 is 0 Å². The Morgan fingerprint density at radius 3 is 2.53 bits per heavy atom. The van der Waals surface area contributed by atoms with Crippen LogP contribution in [0.5, 0.6) is 0 Å². The van der Waals surface area contributed by atoms with Crippen LogP contribution in [0.4, 0.5) is 0 Å². The van der Waals surface area contributed by atoms with E-state index in [1.165, 1.54) is 62.8 Å². The van der Waals surface area contributed by atoms with Gasteiger partial charge in [0.1, 0.15) is 6.04 Å². The Morgan fingerprint density at radius 2 is 1.79 bits per heavy atom. The van der Waals surface area contributed by atoms with Crippen molar-refractivity contribution < 1.29 is 14.4 Å². The molecule has 1 saturated heterocycles. The number of fused-ring (bicyclic) bond motifs is 2. The molecule has 204 valence electrons. The largest absolute Gasteiger partial charge is 0.322 e. The third-order valence-corrected chi connectivity index (χ3v) is 12.6. The van der Waals surface area contributed by atoms with E-state index in [-0.39, 0.29) is 24.1 Å². The van der Waals surface area contributed by atoms with Crippen LogP contribution >= 0.6 is 11.8 Å². The number of hydrogen-bond acceptors (Lipinski definition) is 5. The first-order chi connectivity index (χ1) is 18.4. The number of unbranched alkanes of at least 4 members (excludes halogenated alkanes) is 4. The highest BCUT2D eigenvalue weighted by atomic mass is 32.2. The van der Waals surface area contributed by atoms with Crippen LogP contribution in [-0.4, -0.2) is 58.4 Å². The maximum atomic E-state index is 12.9. The van der Waals surface area contributed by atoms with Crippen molar-refractivity contribution in [2.45, 2.75) is 100 Å². The normalized spacial score (nSPS) is 36.3. The molecule has 0 radical (unpaired) electrons. The monoisotopic (exact) mass is 535 g/mol. The summed E-state index contributed by atoms with van der Waals surface area (Å²) in [5, 5.41) is 2.37. The minimum absolute atomic E-state index is 0.0965. The van der Waals surface area contributed by atoms with Crippen LogP contribution in [0.2, 0.25) is 0 Å². The molecule has 5 fully saturated rings.